The van der Waals surface area contributed by atoms with E-state index in [1.165, 1.54) is 28.3 Å². The average molecular weight is 303 g/mol. The smallest absolute Gasteiger partial charge is 0.336 e. The summed E-state index contributed by atoms with van der Waals surface area (Å²) in [5, 5.41) is 0. The molecule has 2 rings (SSSR count). The molecule has 6 nitrogen and oxygen atoms in total. The van der Waals surface area contributed by atoms with Crippen molar-refractivity contribution in [3.8, 4) is 0 Å². The third kappa shape index (κ3) is 4.05. The Balaban J connectivity index is 1.97. The molecule has 1 aliphatic heterocycles. The lowest BCUT2D eigenvalue weighted by molar-refractivity contribution is -0.148. The van der Waals surface area contributed by atoms with Crippen molar-refractivity contribution in [2.24, 2.45) is 5.84 Å². The van der Waals surface area contributed by atoms with E-state index in [9.17, 15) is 18.0 Å². The van der Waals surface area contributed by atoms with Gasteiger partial charge in [-0.05, 0) is 6.07 Å². The Labute approximate surface area is 119 Å². The number of rotatable bonds is 3. The molecule has 0 spiro atoms. The van der Waals surface area contributed by atoms with Crippen molar-refractivity contribution < 1.29 is 18.0 Å². The number of hydrogen-bond acceptors (Lipinski definition) is 5. The second-order valence-corrected chi connectivity index (χ2v) is 4.75. The summed E-state index contributed by atoms with van der Waals surface area (Å²) < 4.78 is 36.9. The average Bonchev–Trinajstić information content (AvgIpc) is 2.45. The lowest BCUT2D eigenvalue weighted by Gasteiger charge is -2.35. The number of pyridine rings is 1. The fraction of sp³-hybridized carbons (Fsp3) is 0.500. The van der Waals surface area contributed by atoms with E-state index in [1.54, 1.807) is 0 Å². The summed E-state index contributed by atoms with van der Waals surface area (Å²) >= 11 is 0. The Bertz CT molecular complexity index is 500. The van der Waals surface area contributed by atoms with E-state index in [0.717, 1.165) is 0 Å². The van der Waals surface area contributed by atoms with Crippen molar-refractivity contribution in [1.29, 1.82) is 0 Å². The minimum absolute atomic E-state index is 0.196. The van der Waals surface area contributed by atoms with E-state index in [-0.39, 0.29) is 32.1 Å². The zero-order valence-electron chi connectivity index (χ0n) is 11.2. The maximum absolute atomic E-state index is 12.3. The number of alkyl halides is 3. The number of aromatic nitrogens is 1. The predicted octanol–water partition coefficient (Wildman–Crippen LogP) is 0.687. The number of hydrazine groups is 1. The highest BCUT2D eigenvalue weighted by Gasteiger charge is 2.33. The van der Waals surface area contributed by atoms with Gasteiger partial charge < -0.3 is 10.3 Å². The fourth-order valence-corrected chi connectivity index (χ4v) is 2.23. The molecule has 0 bridgehead atoms. The Morgan fingerprint density at radius 1 is 1.33 bits per heavy atom. The van der Waals surface area contributed by atoms with Gasteiger partial charge in [0.15, 0.2) is 0 Å². The predicted molar refractivity (Wildman–Crippen MR) is 70.4 cm³/mol. The summed E-state index contributed by atoms with van der Waals surface area (Å²) in [4.78, 5) is 19.0. The van der Waals surface area contributed by atoms with Crippen molar-refractivity contribution >= 4 is 11.6 Å². The van der Waals surface area contributed by atoms with Crippen molar-refractivity contribution in [2.45, 2.75) is 6.18 Å². The number of nitrogens with zero attached hydrogens (tertiary/aromatic N) is 3. The normalized spacial score (nSPS) is 16.9. The molecule has 0 radical (unpaired) electrons. The standard InChI is InChI=1S/C12H16F3N5O/c13-12(14,15)8-19-3-5-20(6-4-19)11(21)9-1-2-17-7-10(9)18-16/h1-2,7,18H,3-6,8,16H2. The molecule has 1 aliphatic rings. The topological polar surface area (TPSA) is 74.5 Å². The largest absolute Gasteiger partial charge is 0.401 e. The SMILES string of the molecule is NNc1cnccc1C(=O)N1CCN(CC(F)(F)F)CC1. The molecule has 0 unspecified atom stereocenters. The van der Waals surface area contributed by atoms with Gasteiger partial charge in [0.05, 0.1) is 24.0 Å². The maximum Gasteiger partial charge on any atom is 0.401 e. The summed E-state index contributed by atoms with van der Waals surface area (Å²) in [5.41, 5.74) is 3.13. The number of nitrogen functional groups attached to an aromatic ring is 1. The van der Waals surface area contributed by atoms with E-state index in [2.05, 4.69) is 10.4 Å². The van der Waals surface area contributed by atoms with Crippen LogP contribution in [0.2, 0.25) is 0 Å². The minimum atomic E-state index is -4.21. The highest BCUT2D eigenvalue weighted by Crippen LogP contribution is 2.19. The highest BCUT2D eigenvalue weighted by molar-refractivity contribution is 5.99. The third-order valence-corrected chi connectivity index (χ3v) is 3.27. The van der Waals surface area contributed by atoms with Gasteiger partial charge >= 0.3 is 6.18 Å². The first-order valence-corrected chi connectivity index (χ1v) is 6.40. The molecule has 116 valence electrons. The number of hydrogen-bond donors (Lipinski definition) is 2. The molecule has 1 fully saturated rings. The van der Waals surface area contributed by atoms with Crippen LogP contribution in [-0.2, 0) is 0 Å². The maximum atomic E-state index is 12.3. The lowest BCUT2D eigenvalue weighted by atomic mass is 10.2. The number of nitrogens with two attached hydrogens (primary N) is 1. The minimum Gasteiger partial charge on any atom is -0.336 e. The van der Waals surface area contributed by atoms with Crippen molar-refractivity contribution in [3.05, 3.63) is 24.0 Å². The van der Waals surface area contributed by atoms with Crippen LogP contribution >= 0.6 is 0 Å². The van der Waals surface area contributed by atoms with Crippen LogP contribution in [0.25, 0.3) is 0 Å². The molecule has 9 heteroatoms. The highest BCUT2D eigenvalue weighted by atomic mass is 19.4. The van der Waals surface area contributed by atoms with E-state index in [1.807, 2.05) is 0 Å². The third-order valence-electron chi connectivity index (χ3n) is 3.27. The first-order valence-electron chi connectivity index (χ1n) is 6.40. The van der Waals surface area contributed by atoms with Gasteiger partial charge in [0.25, 0.3) is 5.91 Å². The molecule has 1 aromatic heterocycles. The van der Waals surface area contributed by atoms with Crippen LogP contribution in [0.1, 0.15) is 10.4 Å². The Morgan fingerprint density at radius 2 is 2.00 bits per heavy atom. The number of nitrogens with one attached hydrogen (secondary N) is 1. The molecule has 1 aromatic rings. The zero-order chi connectivity index (χ0) is 15.5. The van der Waals surface area contributed by atoms with Crippen molar-refractivity contribution in [2.75, 3.05) is 38.1 Å². The number of carbonyl (C=O) groups is 1. The van der Waals surface area contributed by atoms with Crippen LogP contribution in [0.4, 0.5) is 18.9 Å². The summed E-state index contributed by atoms with van der Waals surface area (Å²) in [6, 6.07) is 1.53. The Hall–Kier alpha value is -1.87. The molecule has 0 aromatic carbocycles. The van der Waals surface area contributed by atoms with Crippen LogP contribution < -0.4 is 11.3 Å². The number of amides is 1. The molecule has 0 saturated carbocycles. The summed E-state index contributed by atoms with van der Waals surface area (Å²) in [6.07, 6.45) is -1.32. The van der Waals surface area contributed by atoms with E-state index < -0.39 is 12.7 Å². The fourth-order valence-electron chi connectivity index (χ4n) is 2.23. The molecule has 0 aliphatic carbocycles. The molecule has 2 heterocycles. The number of carbonyl (C=O) groups excluding carboxylic acids is 1. The Kier molecular flexibility index (Phi) is 4.63. The van der Waals surface area contributed by atoms with Gasteiger partial charge in [-0.3, -0.25) is 20.5 Å². The van der Waals surface area contributed by atoms with Gasteiger partial charge in [0.2, 0.25) is 0 Å². The molecule has 3 N–H and O–H groups in total. The number of piperazine rings is 1. The molecular weight excluding hydrogens is 287 g/mol. The van der Waals surface area contributed by atoms with Crippen LogP contribution in [0.15, 0.2) is 18.5 Å². The molecule has 1 saturated heterocycles. The summed E-state index contributed by atoms with van der Waals surface area (Å²) in [6.45, 7) is -0.0498. The van der Waals surface area contributed by atoms with Gasteiger partial charge in [-0.15, -0.1) is 0 Å². The molecule has 21 heavy (non-hydrogen) atoms. The van der Waals surface area contributed by atoms with Gasteiger partial charge in [-0.1, -0.05) is 0 Å². The second kappa shape index (κ2) is 6.27. The Morgan fingerprint density at radius 3 is 2.57 bits per heavy atom. The second-order valence-electron chi connectivity index (χ2n) is 4.75. The quantitative estimate of drug-likeness (QED) is 0.635. The monoisotopic (exact) mass is 303 g/mol. The van der Waals surface area contributed by atoms with E-state index >= 15 is 0 Å². The van der Waals surface area contributed by atoms with Crippen molar-refractivity contribution in [3.63, 3.8) is 0 Å². The zero-order valence-corrected chi connectivity index (χ0v) is 11.2. The van der Waals surface area contributed by atoms with Crippen LogP contribution in [0, 0.1) is 0 Å². The summed E-state index contributed by atoms with van der Waals surface area (Å²) in [7, 11) is 0. The van der Waals surface area contributed by atoms with E-state index in [4.69, 9.17) is 5.84 Å². The lowest BCUT2D eigenvalue weighted by Crippen LogP contribution is -2.51. The van der Waals surface area contributed by atoms with Crippen LogP contribution in [-0.4, -0.2) is 59.6 Å². The number of anilines is 1. The van der Waals surface area contributed by atoms with Crippen LogP contribution in [0.3, 0.4) is 0 Å². The van der Waals surface area contributed by atoms with Gasteiger partial charge in [-0.25, -0.2) is 0 Å². The molecular formula is C12H16F3N5O. The molecule has 1 amide bonds. The van der Waals surface area contributed by atoms with E-state index in [0.29, 0.717) is 11.3 Å². The number of halogens is 3. The summed E-state index contributed by atoms with van der Waals surface area (Å²) in [5.74, 6) is 5.05. The first-order chi connectivity index (χ1) is 9.90. The van der Waals surface area contributed by atoms with Gasteiger partial charge in [-0.2, -0.15) is 13.2 Å². The van der Waals surface area contributed by atoms with Gasteiger partial charge in [0.1, 0.15) is 0 Å². The van der Waals surface area contributed by atoms with Crippen LogP contribution in [0.5, 0.6) is 0 Å². The first kappa shape index (κ1) is 15.5. The van der Waals surface area contributed by atoms with Crippen molar-refractivity contribution in [1.82, 2.24) is 14.8 Å². The molecule has 0 atom stereocenters. The van der Waals surface area contributed by atoms with Gasteiger partial charge in [0, 0.05) is 32.4 Å².